The second-order valence-corrected chi connectivity index (χ2v) is 5.62. The molecule has 2 heterocycles. The number of rotatable bonds is 4. The standard InChI is InChI=1S/C8H11ClN6O2S/c1-4(2)14-18(16,17)15-8-12-6(9)5-7(13-8)11-3-10-5/h3-4,14H,1-2H3,(H2,10,11,12,13,15). The molecule has 18 heavy (non-hydrogen) atoms. The highest BCUT2D eigenvalue weighted by molar-refractivity contribution is 7.90. The Labute approximate surface area is 108 Å². The van der Waals surface area contributed by atoms with E-state index in [4.69, 9.17) is 11.6 Å². The van der Waals surface area contributed by atoms with E-state index in [9.17, 15) is 8.42 Å². The van der Waals surface area contributed by atoms with Crippen molar-refractivity contribution in [2.45, 2.75) is 19.9 Å². The molecule has 0 atom stereocenters. The van der Waals surface area contributed by atoms with Crippen LogP contribution in [-0.4, -0.2) is 34.4 Å². The summed E-state index contributed by atoms with van der Waals surface area (Å²) < 4.78 is 27.8. The molecular weight excluding hydrogens is 280 g/mol. The highest BCUT2D eigenvalue weighted by Gasteiger charge is 2.15. The molecule has 3 N–H and O–H groups in total. The fourth-order valence-corrected chi connectivity index (χ4v) is 2.53. The highest BCUT2D eigenvalue weighted by atomic mass is 35.5. The number of hydrogen-bond donors (Lipinski definition) is 3. The molecule has 2 rings (SSSR count). The first kappa shape index (κ1) is 13.0. The topological polar surface area (TPSA) is 113 Å². The Bertz CT molecular complexity index is 667. The lowest BCUT2D eigenvalue weighted by molar-refractivity contribution is 0.575. The van der Waals surface area contributed by atoms with E-state index in [1.807, 2.05) is 0 Å². The van der Waals surface area contributed by atoms with Crippen molar-refractivity contribution in [2.24, 2.45) is 0 Å². The van der Waals surface area contributed by atoms with Gasteiger partial charge in [0, 0.05) is 6.04 Å². The Morgan fingerprint density at radius 3 is 2.78 bits per heavy atom. The summed E-state index contributed by atoms with van der Waals surface area (Å²) in [5.41, 5.74) is 0.744. The predicted molar refractivity (Wildman–Crippen MR) is 67.5 cm³/mol. The number of nitrogens with one attached hydrogen (secondary N) is 3. The van der Waals surface area contributed by atoms with Crippen LogP contribution < -0.4 is 9.44 Å². The monoisotopic (exact) mass is 290 g/mol. The molecule has 0 saturated carbocycles. The van der Waals surface area contributed by atoms with Gasteiger partial charge in [-0.1, -0.05) is 11.6 Å². The maximum absolute atomic E-state index is 11.6. The second kappa shape index (κ2) is 4.67. The molecule has 0 aliphatic rings. The van der Waals surface area contributed by atoms with Crippen molar-refractivity contribution in [2.75, 3.05) is 4.72 Å². The first-order chi connectivity index (χ1) is 8.37. The number of hydrogen-bond acceptors (Lipinski definition) is 5. The molecule has 0 aliphatic carbocycles. The van der Waals surface area contributed by atoms with Crippen LogP contribution in [0.1, 0.15) is 13.8 Å². The SMILES string of the molecule is CC(C)NS(=O)(=O)Nc1nc(Cl)c2[nH]cnc2n1. The van der Waals surface area contributed by atoms with Gasteiger partial charge < -0.3 is 4.98 Å². The van der Waals surface area contributed by atoms with Crippen LogP contribution in [-0.2, 0) is 10.2 Å². The van der Waals surface area contributed by atoms with E-state index >= 15 is 0 Å². The van der Waals surface area contributed by atoms with Crippen LogP contribution in [0.5, 0.6) is 0 Å². The number of aromatic nitrogens is 4. The molecule has 0 fully saturated rings. The molecule has 8 nitrogen and oxygen atoms in total. The molecule has 0 aliphatic heterocycles. The van der Waals surface area contributed by atoms with E-state index in [-0.39, 0.29) is 22.8 Å². The minimum atomic E-state index is -3.72. The van der Waals surface area contributed by atoms with Crippen LogP contribution in [0.15, 0.2) is 6.33 Å². The number of fused-ring (bicyclic) bond motifs is 1. The summed E-state index contributed by atoms with van der Waals surface area (Å²) >= 11 is 5.86. The number of halogens is 1. The molecule has 2 aromatic heterocycles. The van der Waals surface area contributed by atoms with Crippen molar-refractivity contribution in [1.82, 2.24) is 24.7 Å². The summed E-state index contributed by atoms with van der Waals surface area (Å²) in [4.78, 5) is 14.4. The minimum Gasteiger partial charge on any atom is -0.341 e. The van der Waals surface area contributed by atoms with Gasteiger partial charge in [0.25, 0.3) is 0 Å². The summed E-state index contributed by atoms with van der Waals surface area (Å²) in [6.07, 6.45) is 1.40. The van der Waals surface area contributed by atoms with Crippen molar-refractivity contribution in [3.8, 4) is 0 Å². The van der Waals surface area contributed by atoms with Crippen molar-refractivity contribution >= 4 is 38.9 Å². The van der Waals surface area contributed by atoms with E-state index in [1.165, 1.54) is 6.33 Å². The fourth-order valence-electron chi connectivity index (χ4n) is 1.30. The van der Waals surface area contributed by atoms with Crippen molar-refractivity contribution in [3.05, 3.63) is 11.5 Å². The molecule has 0 amide bonds. The number of aromatic amines is 1. The molecule has 0 spiro atoms. The third-order valence-corrected chi connectivity index (χ3v) is 3.36. The van der Waals surface area contributed by atoms with Gasteiger partial charge in [0.05, 0.1) is 6.33 Å². The lowest BCUT2D eigenvalue weighted by atomic mass is 10.4. The highest BCUT2D eigenvalue weighted by Crippen LogP contribution is 2.18. The number of imidazole rings is 1. The van der Waals surface area contributed by atoms with E-state index in [0.717, 1.165) is 0 Å². The Morgan fingerprint density at radius 1 is 1.39 bits per heavy atom. The molecule has 0 radical (unpaired) electrons. The maximum atomic E-state index is 11.6. The average molecular weight is 291 g/mol. The molecule has 0 bridgehead atoms. The van der Waals surface area contributed by atoms with Crippen LogP contribution in [0.25, 0.3) is 11.2 Å². The third-order valence-electron chi connectivity index (χ3n) is 1.86. The van der Waals surface area contributed by atoms with Gasteiger partial charge in [-0.15, -0.1) is 0 Å². The Morgan fingerprint density at radius 2 is 2.11 bits per heavy atom. The van der Waals surface area contributed by atoms with Crippen LogP contribution in [0.2, 0.25) is 5.15 Å². The lowest BCUT2D eigenvalue weighted by Crippen LogP contribution is -2.35. The van der Waals surface area contributed by atoms with Crippen molar-refractivity contribution < 1.29 is 8.42 Å². The number of nitrogens with zero attached hydrogens (tertiary/aromatic N) is 3. The van der Waals surface area contributed by atoms with E-state index in [1.54, 1.807) is 13.8 Å². The minimum absolute atomic E-state index is 0.0970. The normalized spacial score (nSPS) is 12.2. The van der Waals surface area contributed by atoms with Crippen molar-refractivity contribution in [3.63, 3.8) is 0 Å². The second-order valence-electron chi connectivity index (χ2n) is 3.82. The lowest BCUT2D eigenvalue weighted by Gasteiger charge is -2.10. The first-order valence-corrected chi connectivity index (χ1v) is 6.90. The smallest absolute Gasteiger partial charge is 0.301 e. The van der Waals surface area contributed by atoms with Crippen LogP contribution >= 0.6 is 11.6 Å². The summed E-state index contributed by atoms with van der Waals surface area (Å²) in [6, 6.07) is -0.243. The quantitative estimate of drug-likeness (QED) is 0.716. The van der Waals surface area contributed by atoms with Gasteiger partial charge >= 0.3 is 10.2 Å². The van der Waals surface area contributed by atoms with Gasteiger partial charge in [0.1, 0.15) is 5.52 Å². The Kier molecular flexibility index (Phi) is 3.37. The number of anilines is 1. The predicted octanol–water partition coefficient (Wildman–Crippen LogP) is 0.661. The Balaban J connectivity index is 2.32. The summed E-state index contributed by atoms with van der Waals surface area (Å²) in [6.45, 7) is 3.40. The summed E-state index contributed by atoms with van der Waals surface area (Å²) in [5.74, 6) is -0.132. The molecule has 2 aromatic rings. The van der Waals surface area contributed by atoms with Crippen LogP contribution in [0, 0.1) is 0 Å². The molecule has 0 saturated heterocycles. The van der Waals surface area contributed by atoms with Gasteiger partial charge in [-0.05, 0) is 13.8 Å². The fraction of sp³-hybridized carbons (Fsp3) is 0.375. The molecule has 0 unspecified atom stereocenters. The maximum Gasteiger partial charge on any atom is 0.301 e. The molecule has 10 heteroatoms. The number of H-pyrrole nitrogens is 1. The zero-order valence-corrected chi connectivity index (χ0v) is 11.2. The van der Waals surface area contributed by atoms with Gasteiger partial charge in [-0.3, -0.25) is 0 Å². The van der Waals surface area contributed by atoms with Gasteiger partial charge in [0.2, 0.25) is 5.95 Å². The summed E-state index contributed by atoms with van der Waals surface area (Å²) in [7, 11) is -3.72. The molecule has 0 aromatic carbocycles. The Hall–Kier alpha value is -1.45. The molecular formula is C8H11ClN6O2S. The average Bonchev–Trinajstić information content (AvgIpc) is 2.62. The van der Waals surface area contributed by atoms with E-state index in [0.29, 0.717) is 5.52 Å². The van der Waals surface area contributed by atoms with Crippen molar-refractivity contribution in [1.29, 1.82) is 0 Å². The van der Waals surface area contributed by atoms with Crippen LogP contribution in [0.4, 0.5) is 5.95 Å². The third kappa shape index (κ3) is 2.86. The largest absolute Gasteiger partial charge is 0.341 e. The zero-order valence-electron chi connectivity index (χ0n) is 9.60. The summed E-state index contributed by atoms with van der Waals surface area (Å²) in [5, 5.41) is 0.0970. The van der Waals surface area contributed by atoms with Crippen LogP contribution in [0.3, 0.4) is 0 Å². The van der Waals surface area contributed by atoms with Gasteiger partial charge in [-0.2, -0.15) is 23.1 Å². The first-order valence-electron chi connectivity index (χ1n) is 5.04. The van der Waals surface area contributed by atoms with E-state index in [2.05, 4.69) is 29.4 Å². The van der Waals surface area contributed by atoms with Gasteiger partial charge in [-0.25, -0.2) is 9.71 Å². The molecule has 98 valence electrons. The van der Waals surface area contributed by atoms with Gasteiger partial charge in [0.15, 0.2) is 10.8 Å². The zero-order chi connectivity index (χ0) is 13.3. The van der Waals surface area contributed by atoms with E-state index < -0.39 is 10.2 Å².